The standard InChI is InChI=1S/C17H28N2O2/c1-2-20-17-5-3-10-19(14-17)11-4-12-21-16-8-6-15(13-18)7-9-16/h6-9,17H,2-5,10-14,18H2,1H3. The lowest BCUT2D eigenvalue weighted by molar-refractivity contribution is 0.00491. The highest BCUT2D eigenvalue weighted by atomic mass is 16.5. The molecule has 1 aromatic carbocycles. The van der Waals surface area contributed by atoms with Gasteiger partial charge >= 0.3 is 0 Å². The van der Waals surface area contributed by atoms with Crippen LogP contribution in [0.3, 0.4) is 0 Å². The Bertz CT molecular complexity index is 392. The zero-order valence-corrected chi connectivity index (χ0v) is 13.1. The molecule has 0 spiro atoms. The number of hydrogen-bond acceptors (Lipinski definition) is 4. The SMILES string of the molecule is CCOC1CCCN(CCCOc2ccc(CN)cc2)C1. The summed E-state index contributed by atoms with van der Waals surface area (Å²) in [6.45, 7) is 7.58. The minimum atomic E-state index is 0.425. The van der Waals surface area contributed by atoms with E-state index in [1.807, 2.05) is 24.3 Å². The lowest BCUT2D eigenvalue weighted by atomic mass is 10.1. The van der Waals surface area contributed by atoms with Crippen LogP contribution in [0.2, 0.25) is 0 Å². The minimum absolute atomic E-state index is 0.425. The zero-order chi connectivity index (χ0) is 14.9. The molecule has 1 aromatic rings. The van der Waals surface area contributed by atoms with Gasteiger partial charge in [0.25, 0.3) is 0 Å². The van der Waals surface area contributed by atoms with Gasteiger partial charge in [-0.25, -0.2) is 0 Å². The van der Waals surface area contributed by atoms with Gasteiger partial charge in [-0.1, -0.05) is 12.1 Å². The molecule has 118 valence electrons. The summed E-state index contributed by atoms with van der Waals surface area (Å²) in [5.74, 6) is 0.929. The molecule has 0 amide bonds. The second-order valence-corrected chi connectivity index (χ2v) is 5.57. The molecular weight excluding hydrogens is 264 g/mol. The highest BCUT2D eigenvalue weighted by molar-refractivity contribution is 5.26. The third-order valence-corrected chi connectivity index (χ3v) is 3.91. The van der Waals surface area contributed by atoms with Gasteiger partial charge in [0.15, 0.2) is 0 Å². The van der Waals surface area contributed by atoms with E-state index in [0.717, 1.165) is 44.0 Å². The number of nitrogens with zero attached hydrogens (tertiary/aromatic N) is 1. The first-order valence-electron chi connectivity index (χ1n) is 8.07. The molecule has 1 heterocycles. The van der Waals surface area contributed by atoms with Crippen LogP contribution in [-0.4, -0.2) is 43.9 Å². The number of hydrogen-bond donors (Lipinski definition) is 1. The lowest BCUT2D eigenvalue weighted by Gasteiger charge is -2.32. The molecule has 4 heteroatoms. The Morgan fingerprint density at radius 1 is 1.29 bits per heavy atom. The Balaban J connectivity index is 1.62. The van der Waals surface area contributed by atoms with Gasteiger partial charge in [0.1, 0.15) is 5.75 Å². The number of piperidine rings is 1. The van der Waals surface area contributed by atoms with Crippen LogP contribution in [0.4, 0.5) is 0 Å². The normalized spacial score (nSPS) is 19.6. The number of rotatable bonds is 8. The molecule has 2 N–H and O–H groups in total. The van der Waals surface area contributed by atoms with Crippen molar-refractivity contribution in [3.63, 3.8) is 0 Å². The van der Waals surface area contributed by atoms with Gasteiger partial charge in [0.2, 0.25) is 0 Å². The Morgan fingerprint density at radius 3 is 2.81 bits per heavy atom. The first-order chi connectivity index (χ1) is 10.3. The van der Waals surface area contributed by atoms with E-state index in [9.17, 15) is 0 Å². The van der Waals surface area contributed by atoms with Crippen molar-refractivity contribution in [2.24, 2.45) is 5.73 Å². The largest absolute Gasteiger partial charge is 0.494 e. The van der Waals surface area contributed by atoms with Crippen LogP contribution in [-0.2, 0) is 11.3 Å². The number of ether oxygens (including phenoxy) is 2. The second kappa shape index (κ2) is 9.03. The molecular formula is C17H28N2O2. The molecule has 1 fully saturated rings. The third-order valence-electron chi connectivity index (χ3n) is 3.91. The Morgan fingerprint density at radius 2 is 2.10 bits per heavy atom. The zero-order valence-electron chi connectivity index (χ0n) is 13.1. The number of nitrogens with two attached hydrogens (primary N) is 1. The van der Waals surface area contributed by atoms with Crippen molar-refractivity contribution in [3.05, 3.63) is 29.8 Å². The summed E-state index contributed by atoms with van der Waals surface area (Å²) in [5, 5.41) is 0. The molecule has 21 heavy (non-hydrogen) atoms. The molecule has 1 atom stereocenters. The summed E-state index contributed by atoms with van der Waals surface area (Å²) in [6.07, 6.45) is 3.92. The smallest absolute Gasteiger partial charge is 0.119 e. The fourth-order valence-electron chi connectivity index (χ4n) is 2.79. The summed E-state index contributed by atoms with van der Waals surface area (Å²) in [7, 11) is 0. The first kappa shape index (κ1) is 16.3. The predicted octanol–water partition coefficient (Wildman–Crippen LogP) is 2.42. The van der Waals surface area contributed by atoms with Gasteiger partial charge in [-0.2, -0.15) is 0 Å². The maximum absolute atomic E-state index is 5.77. The van der Waals surface area contributed by atoms with Crippen molar-refractivity contribution in [2.75, 3.05) is 32.8 Å². The molecule has 4 nitrogen and oxygen atoms in total. The molecule has 1 aliphatic heterocycles. The Labute approximate surface area is 128 Å². The van der Waals surface area contributed by atoms with Gasteiger partial charge < -0.3 is 20.1 Å². The third kappa shape index (κ3) is 5.65. The summed E-state index contributed by atoms with van der Waals surface area (Å²) in [4.78, 5) is 2.49. The van der Waals surface area contributed by atoms with E-state index in [1.54, 1.807) is 0 Å². The van der Waals surface area contributed by atoms with Gasteiger partial charge in [0.05, 0.1) is 12.7 Å². The van der Waals surface area contributed by atoms with Crippen molar-refractivity contribution < 1.29 is 9.47 Å². The first-order valence-corrected chi connectivity index (χ1v) is 8.07. The molecule has 0 aliphatic carbocycles. The van der Waals surface area contributed by atoms with Crippen molar-refractivity contribution in [3.8, 4) is 5.75 Å². The molecule has 1 aliphatic rings. The summed E-state index contributed by atoms with van der Waals surface area (Å²) in [6, 6.07) is 8.03. The molecule has 0 aromatic heterocycles. The van der Waals surface area contributed by atoms with Crippen LogP contribution in [0.15, 0.2) is 24.3 Å². The number of likely N-dealkylation sites (tertiary alicyclic amines) is 1. The topological polar surface area (TPSA) is 47.7 Å². The van der Waals surface area contributed by atoms with Gasteiger partial charge in [-0.05, 0) is 50.4 Å². The summed E-state index contributed by atoms with van der Waals surface area (Å²) in [5.41, 5.74) is 6.72. The fraction of sp³-hybridized carbons (Fsp3) is 0.647. The van der Waals surface area contributed by atoms with E-state index in [2.05, 4.69) is 11.8 Å². The average molecular weight is 292 g/mol. The van der Waals surface area contributed by atoms with E-state index in [1.165, 1.54) is 19.4 Å². The van der Waals surface area contributed by atoms with Gasteiger partial charge in [-0.15, -0.1) is 0 Å². The maximum atomic E-state index is 5.77. The molecule has 0 radical (unpaired) electrons. The van der Waals surface area contributed by atoms with E-state index < -0.39 is 0 Å². The van der Waals surface area contributed by atoms with Crippen molar-refractivity contribution in [1.29, 1.82) is 0 Å². The average Bonchev–Trinajstić information content (AvgIpc) is 2.53. The van der Waals surface area contributed by atoms with E-state index >= 15 is 0 Å². The quantitative estimate of drug-likeness (QED) is 0.748. The Hall–Kier alpha value is -1.10. The van der Waals surface area contributed by atoms with E-state index in [-0.39, 0.29) is 0 Å². The van der Waals surface area contributed by atoms with Crippen LogP contribution >= 0.6 is 0 Å². The molecule has 0 bridgehead atoms. The van der Waals surface area contributed by atoms with Crippen LogP contribution in [0.5, 0.6) is 5.75 Å². The van der Waals surface area contributed by atoms with Crippen LogP contribution in [0.25, 0.3) is 0 Å². The molecule has 1 unspecified atom stereocenters. The fourth-order valence-corrected chi connectivity index (χ4v) is 2.79. The van der Waals surface area contributed by atoms with Crippen molar-refractivity contribution >= 4 is 0 Å². The lowest BCUT2D eigenvalue weighted by Crippen LogP contribution is -2.40. The Kier molecular flexibility index (Phi) is 7.00. The number of benzene rings is 1. The highest BCUT2D eigenvalue weighted by Crippen LogP contribution is 2.14. The predicted molar refractivity (Wildman–Crippen MR) is 85.5 cm³/mol. The monoisotopic (exact) mass is 292 g/mol. The van der Waals surface area contributed by atoms with E-state index in [0.29, 0.717) is 12.6 Å². The molecule has 2 rings (SSSR count). The summed E-state index contributed by atoms with van der Waals surface area (Å²) >= 11 is 0. The molecule has 1 saturated heterocycles. The van der Waals surface area contributed by atoms with Crippen LogP contribution in [0, 0.1) is 0 Å². The van der Waals surface area contributed by atoms with E-state index in [4.69, 9.17) is 15.2 Å². The van der Waals surface area contributed by atoms with Crippen molar-refractivity contribution in [2.45, 2.75) is 38.8 Å². The highest BCUT2D eigenvalue weighted by Gasteiger charge is 2.19. The minimum Gasteiger partial charge on any atom is -0.494 e. The molecule has 0 saturated carbocycles. The maximum Gasteiger partial charge on any atom is 0.119 e. The van der Waals surface area contributed by atoms with Gasteiger partial charge in [-0.3, -0.25) is 0 Å². The van der Waals surface area contributed by atoms with Crippen LogP contribution in [0.1, 0.15) is 31.7 Å². The van der Waals surface area contributed by atoms with Crippen molar-refractivity contribution in [1.82, 2.24) is 4.90 Å². The summed E-state index contributed by atoms with van der Waals surface area (Å²) < 4.78 is 11.5. The van der Waals surface area contributed by atoms with Gasteiger partial charge in [0, 0.05) is 26.2 Å². The van der Waals surface area contributed by atoms with Crippen LogP contribution < -0.4 is 10.5 Å². The second-order valence-electron chi connectivity index (χ2n) is 5.57.